The molecule has 0 aromatic heterocycles. The van der Waals surface area contributed by atoms with E-state index >= 15 is 0 Å². The number of carbonyl (C=O) groups is 2. The Morgan fingerprint density at radius 2 is 1.58 bits per heavy atom. The van der Waals surface area contributed by atoms with Gasteiger partial charge in [0.15, 0.2) is 0 Å². The lowest BCUT2D eigenvalue weighted by Gasteiger charge is -2.34. The number of nitrogens with zero attached hydrogens (tertiary/aromatic N) is 1. The molecule has 1 saturated heterocycles. The summed E-state index contributed by atoms with van der Waals surface area (Å²) in [6.45, 7) is 1.97. The Morgan fingerprint density at radius 3 is 2.23 bits per heavy atom. The van der Waals surface area contributed by atoms with Crippen molar-refractivity contribution in [1.82, 2.24) is 20.9 Å². The topological polar surface area (TPSA) is 73.5 Å². The molecule has 2 aliphatic rings. The summed E-state index contributed by atoms with van der Waals surface area (Å²) in [5.74, 6) is -0.294. The summed E-state index contributed by atoms with van der Waals surface area (Å²) in [5.41, 5.74) is 0.837. The molecule has 1 aliphatic heterocycles. The highest BCUT2D eigenvalue weighted by atomic mass is 19.1. The first-order chi connectivity index (χ1) is 12.6. The molecule has 3 rings (SSSR count). The van der Waals surface area contributed by atoms with Crippen molar-refractivity contribution in [3.63, 3.8) is 0 Å². The molecular weight excluding hydrogens is 335 g/mol. The highest BCUT2D eigenvalue weighted by Gasteiger charge is 2.29. The van der Waals surface area contributed by atoms with E-state index in [9.17, 15) is 14.0 Å². The summed E-state index contributed by atoms with van der Waals surface area (Å²) in [6.07, 6.45) is 5.95. The Morgan fingerprint density at radius 1 is 0.962 bits per heavy atom. The predicted octanol–water partition coefficient (Wildman–Crippen LogP) is 2.74. The zero-order valence-corrected chi connectivity index (χ0v) is 15.0. The summed E-state index contributed by atoms with van der Waals surface area (Å²) in [6, 6.07) is 5.66. The average molecular weight is 362 g/mol. The van der Waals surface area contributed by atoms with Crippen LogP contribution in [0.15, 0.2) is 24.3 Å². The highest BCUT2D eigenvalue weighted by molar-refractivity contribution is 5.76. The first-order valence-electron chi connectivity index (χ1n) is 9.46. The molecule has 0 bridgehead atoms. The van der Waals surface area contributed by atoms with Gasteiger partial charge in [-0.2, -0.15) is 0 Å². The SMILES string of the molecule is O=C(NCc1ccc(F)cc1)NC1CCCCC1NC(=O)N1CCCC1. The van der Waals surface area contributed by atoms with Gasteiger partial charge in [-0.15, -0.1) is 0 Å². The third kappa shape index (κ3) is 5.09. The van der Waals surface area contributed by atoms with Crippen LogP contribution in [0.25, 0.3) is 0 Å². The summed E-state index contributed by atoms with van der Waals surface area (Å²) < 4.78 is 12.9. The molecule has 3 N–H and O–H groups in total. The van der Waals surface area contributed by atoms with Crippen LogP contribution in [0.1, 0.15) is 44.1 Å². The van der Waals surface area contributed by atoms with Crippen molar-refractivity contribution in [3.05, 3.63) is 35.6 Å². The van der Waals surface area contributed by atoms with Gasteiger partial charge in [-0.1, -0.05) is 25.0 Å². The van der Waals surface area contributed by atoms with Crippen LogP contribution in [0.5, 0.6) is 0 Å². The van der Waals surface area contributed by atoms with E-state index in [1.165, 1.54) is 12.1 Å². The van der Waals surface area contributed by atoms with Gasteiger partial charge in [-0.3, -0.25) is 0 Å². The molecule has 1 aliphatic carbocycles. The fourth-order valence-electron chi connectivity index (χ4n) is 3.65. The molecule has 1 aromatic carbocycles. The number of halogens is 1. The second kappa shape index (κ2) is 8.87. The maximum absolute atomic E-state index is 12.9. The van der Waals surface area contributed by atoms with Crippen LogP contribution >= 0.6 is 0 Å². The minimum absolute atomic E-state index is 0.0204. The minimum Gasteiger partial charge on any atom is -0.334 e. The molecule has 142 valence electrons. The van der Waals surface area contributed by atoms with E-state index in [0.29, 0.717) is 6.54 Å². The van der Waals surface area contributed by atoms with Crippen LogP contribution in [0.2, 0.25) is 0 Å². The molecule has 7 heteroatoms. The van der Waals surface area contributed by atoms with Gasteiger partial charge in [0, 0.05) is 19.6 Å². The van der Waals surface area contributed by atoms with Gasteiger partial charge >= 0.3 is 12.1 Å². The second-order valence-electron chi connectivity index (χ2n) is 7.09. The summed E-state index contributed by atoms with van der Waals surface area (Å²) in [7, 11) is 0. The van der Waals surface area contributed by atoms with Gasteiger partial charge in [-0.05, 0) is 43.4 Å². The third-order valence-corrected chi connectivity index (χ3v) is 5.15. The minimum atomic E-state index is -0.294. The number of urea groups is 2. The predicted molar refractivity (Wildman–Crippen MR) is 97.2 cm³/mol. The number of hydrogen-bond donors (Lipinski definition) is 3. The monoisotopic (exact) mass is 362 g/mol. The smallest absolute Gasteiger partial charge is 0.317 e. The third-order valence-electron chi connectivity index (χ3n) is 5.15. The van der Waals surface area contributed by atoms with Crippen LogP contribution in [0, 0.1) is 5.82 Å². The van der Waals surface area contributed by atoms with Crippen LogP contribution in [0.3, 0.4) is 0 Å². The van der Waals surface area contributed by atoms with E-state index in [0.717, 1.165) is 57.2 Å². The van der Waals surface area contributed by atoms with E-state index in [4.69, 9.17) is 0 Å². The molecule has 6 nitrogen and oxygen atoms in total. The van der Waals surface area contributed by atoms with Gasteiger partial charge in [0.1, 0.15) is 5.82 Å². The van der Waals surface area contributed by atoms with Crippen molar-refractivity contribution >= 4 is 12.1 Å². The molecule has 2 atom stereocenters. The van der Waals surface area contributed by atoms with E-state index in [1.54, 1.807) is 12.1 Å². The quantitative estimate of drug-likeness (QED) is 0.771. The van der Waals surface area contributed by atoms with Crippen LogP contribution < -0.4 is 16.0 Å². The molecule has 1 saturated carbocycles. The normalized spacial score (nSPS) is 22.7. The number of likely N-dealkylation sites (tertiary alicyclic amines) is 1. The lowest BCUT2D eigenvalue weighted by atomic mass is 9.90. The van der Waals surface area contributed by atoms with Gasteiger partial charge in [0.25, 0.3) is 0 Å². The molecule has 26 heavy (non-hydrogen) atoms. The van der Waals surface area contributed by atoms with Crippen LogP contribution in [-0.2, 0) is 6.54 Å². The van der Waals surface area contributed by atoms with Crippen molar-refractivity contribution in [2.45, 2.75) is 57.2 Å². The maximum atomic E-state index is 12.9. The number of hydrogen-bond acceptors (Lipinski definition) is 2. The lowest BCUT2D eigenvalue weighted by molar-refractivity contribution is 0.191. The van der Waals surface area contributed by atoms with Gasteiger partial charge in [0.05, 0.1) is 12.1 Å². The number of benzene rings is 1. The zero-order valence-electron chi connectivity index (χ0n) is 15.0. The fourth-order valence-corrected chi connectivity index (χ4v) is 3.65. The molecule has 0 radical (unpaired) electrons. The molecule has 1 aromatic rings. The van der Waals surface area contributed by atoms with Gasteiger partial charge in [0.2, 0.25) is 0 Å². The number of carbonyl (C=O) groups excluding carboxylic acids is 2. The van der Waals surface area contributed by atoms with Crippen molar-refractivity contribution in [2.24, 2.45) is 0 Å². The molecule has 2 fully saturated rings. The van der Waals surface area contributed by atoms with Crippen LogP contribution in [0.4, 0.5) is 14.0 Å². The Kier molecular flexibility index (Phi) is 6.30. The fraction of sp³-hybridized carbons (Fsp3) is 0.579. The average Bonchev–Trinajstić information content (AvgIpc) is 3.18. The largest absolute Gasteiger partial charge is 0.334 e. The standard InChI is InChI=1S/C19H27FN4O2/c20-15-9-7-14(8-10-15)13-21-18(25)22-16-5-1-2-6-17(16)23-19(26)24-11-3-4-12-24/h7-10,16-17H,1-6,11-13H2,(H,23,26)(H2,21,22,25). The van der Waals surface area contributed by atoms with E-state index in [-0.39, 0.29) is 30.0 Å². The first-order valence-corrected chi connectivity index (χ1v) is 9.46. The summed E-state index contributed by atoms with van der Waals surface area (Å²) in [5, 5.41) is 8.89. The van der Waals surface area contributed by atoms with Crippen LogP contribution in [-0.4, -0.2) is 42.1 Å². The molecular formula is C19H27FN4O2. The van der Waals surface area contributed by atoms with E-state index in [2.05, 4.69) is 16.0 Å². The Hall–Kier alpha value is -2.31. The lowest BCUT2D eigenvalue weighted by Crippen LogP contribution is -2.56. The molecule has 4 amide bonds. The number of amides is 4. The van der Waals surface area contributed by atoms with E-state index in [1.807, 2.05) is 4.90 Å². The van der Waals surface area contributed by atoms with Crippen molar-refractivity contribution < 1.29 is 14.0 Å². The second-order valence-corrected chi connectivity index (χ2v) is 7.09. The number of nitrogens with one attached hydrogen (secondary N) is 3. The summed E-state index contributed by atoms with van der Waals surface area (Å²) >= 11 is 0. The Labute approximate surface area is 153 Å². The molecule has 0 spiro atoms. The Bertz CT molecular complexity index is 616. The van der Waals surface area contributed by atoms with Crippen molar-refractivity contribution in [2.75, 3.05) is 13.1 Å². The summed E-state index contributed by atoms with van der Waals surface area (Å²) in [4.78, 5) is 26.4. The molecule has 1 heterocycles. The zero-order chi connectivity index (χ0) is 18.4. The van der Waals surface area contributed by atoms with Gasteiger partial charge in [-0.25, -0.2) is 14.0 Å². The van der Waals surface area contributed by atoms with E-state index < -0.39 is 0 Å². The Balaban J connectivity index is 1.48. The molecule has 2 unspecified atom stereocenters. The maximum Gasteiger partial charge on any atom is 0.317 e. The van der Waals surface area contributed by atoms with Crippen molar-refractivity contribution in [1.29, 1.82) is 0 Å². The van der Waals surface area contributed by atoms with Gasteiger partial charge < -0.3 is 20.9 Å². The first kappa shape index (κ1) is 18.5. The highest BCUT2D eigenvalue weighted by Crippen LogP contribution is 2.19. The van der Waals surface area contributed by atoms with Crippen molar-refractivity contribution in [3.8, 4) is 0 Å². The number of rotatable bonds is 4.